The van der Waals surface area contributed by atoms with E-state index in [1.54, 1.807) is 19.1 Å². The number of hydrogen-bond acceptors (Lipinski definition) is 8. The quantitative estimate of drug-likeness (QED) is 0.403. The number of thioether (sulfide) groups is 1. The molecule has 1 N–H and O–H groups in total. The average molecular weight is 360 g/mol. The van der Waals surface area contributed by atoms with Crippen molar-refractivity contribution in [1.29, 1.82) is 0 Å². The SMILES string of the molecule is Cc1occc1-c1nnc(SCC(=O)Nc2ccccc2[N+](=O)[O-])o1. The van der Waals surface area contributed by atoms with E-state index in [1.165, 1.54) is 24.5 Å². The van der Waals surface area contributed by atoms with Crippen molar-refractivity contribution in [1.82, 2.24) is 10.2 Å². The van der Waals surface area contributed by atoms with Crippen molar-refractivity contribution < 1.29 is 18.6 Å². The maximum Gasteiger partial charge on any atom is 0.292 e. The molecular weight excluding hydrogens is 348 g/mol. The highest BCUT2D eigenvalue weighted by Gasteiger charge is 2.17. The fourth-order valence-electron chi connectivity index (χ4n) is 2.04. The Kier molecular flexibility index (Phi) is 4.80. The number of anilines is 1. The number of carbonyl (C=O) groups is 1. The molecule has 1 aromatic carbocycles. The van der Waals surface area contributed by atoms with E-state index in [0.717, 1.165) is 11.8 Å². The van der Waals surface area contributed by atoms with Gasteiger partial charge in [-0.3, -0.25) is 14.9 Å². The Morgan fingerprint density at radius 3 is 2.84 bits per heavy atom. The van der Waals surface area contributed by atoms with Gasteiger partial charge in [-0.2, -0.15) is 0 Å². The fourth-order valence-corrected chi connectivity index (χ4v) is 2.60. The topological polar surface area (TPSA) is 124 Å². The van der Waals surface area contributed by atoms with E-state index >= 15 is 0 Å². The van der Waals surface area contributed by atoms with Crippen molar-refractivity contribution in [3.8, 4) is 11.5 Å². The zero-order chi connectivity index (χ0) is 17.8. The van der Waals surface area contributed by atoms with Gasteiger partial charge < -0.3 is 14.2 Å². The van der Waals surface area contributed by atoms with Gasteiger partial charge in [-0.15, -0.1) is 10.2 Å². The van der Waals surface area contributed by atoms with Crippen LogP contribution in [0.1, 0.15) is 5.76 Å². The van der Waals surface area contributed by atoms with Gasteiger partial charge in [0, 0.05) is 6.07 Å². The number of aryl methyl sites for hydroxylation is 1. The smallest absolute Gasteiger partial charge is 0.292 e. The Morgan fingerprint density at radius 1 is 1.32 bits per heavy atom. The number of nitro groups is 1. The number of nitrogens with one attached hydrogen (secondary N) is 1. The molecule has 10 heteroatoms. The highest BCUT2D eigenvalue weighted by atomic mass is 32.2. The van der Waals surface area contributed by atoms with Crippen LogP contribution in [0.3, 0.4) is 0 Å². The van der Waals surface area contributed by atoms with Crippen molar-refractivity contribution in [3.63, 3.8) is 0 Å². The molecule has 2 aromatic heterocycles. The van der Waals surface area contributed by atoms with E-state index < -0.39 is 10.8 Å². The molecule has 0 fully saturated rings. The van der Waals surface area contributed by atoms with Gasteiger partial charge >= 0.3 is 0 Å². The summed E-state index contributed by atoms with van der Waals surface area (Å²) in [6.07, 6.45) is 1.52. The summed E-state index contributed by atoms with van der Waals surface area (Å²) in [5.41, 5.74) is 0.651. The van der Waals surface area contributed by atoms with Crippen LogP contribution in [0.15, 0.2) is 50.7 Å². The van der Waals surface area contributed by atoms with Crippen molar-refractivity contribution in [3.05, 3.63) is 52.5 Å². The Labute approximate surface area is 145 Å². The minimum atomic E-state index is -0.555. The lowest BCUT2D eigenvalue weighted by Crippen LogP contribution is -2.15. The molecule has 0 saturated heterocycles. The lowest BCUT2D eigenvalue weighted by Gasteiger charge is -2.04. The fraction of sp³-hybridized carbons (Fsp3) is 0.133. The lowest BCUT2D eigenvalue weighted by atomic mass is 10.2. The Hall–Kier alpha value is -3.14. The van der Waals surface area contributed by atoms with Crippen molar-refractivity contribution in [2.24, 2.45) is 0 Å². The van der Waals surface area contributed by atoms with Gasteiger partial charge in [0.15, 0.2) is 0 Å². The van der Waals surface area contributed by atoms with E-state index in [-0.39, 0.29) is 22.4 Å². The summed E-state index contributed by atoms with van der Waals surface area (Å²) in [6, 6.07) is 7.62. The van der Waals surface area contributed by atoms with E-state index in [2.05, 4.69) is 15.5 Å². The Bertz CT molecular complexity index is 920. The van der Waals surface area contributed by atoms with Gasteiger partial charge in [-0.1, -0.05) is 23.9 Å². The van der Waals surface area contributed by atoms with Crippen molar-refractivity contribution in [2.75, 3.05) is 11.1 Å². The average Bonchev–Trinajstić information content (AvgIpc) is 3.21. The lowest BCUT2D eigenvalue weighted by molar-refractivity contribution is -0.383. The highest BCUT2D eigenvalue weighted by molar-refractivity contribution is 7.99. The molecule has 0 aliphatic carbocycles. The van der Waals surface area contributed by atoms with E-state index in [4.69, 9.17) is 8.83 Å². The summed E-state index contributed by atoms with van der Waals surface area (Å²) in [7, 11) is 0. The predicted molar refractivity (Wildman–Crippen MR) is 89.2 cm³/mol. The first-order chi connectivity index (χ1) is 12.0. The van der Waals surface area contributed by atoms with Crippen molar-refractivity contribution in [2.45, 2.75) is 12.1 Å². The normalized spacial score (nSPS) is 10.6. The van der Waals surface area contributed by atoms with Gasteiger partial charge in [-0.25, -0.2) is 0 Å². The first kappa shape index (κ1) is 16.7. The maximum atomic E-state index is 12.0. The summed E-state index contributed by atoms with van der Waals surface area (Å²) in [5.74, 6) is 0.499. The molecule has 128 valence electrons. The molecule has 25 heavy (non-hydrogen) atoms. The molecule has 9 nitrogen and oxygen atoms in total. The maximum absolute atomic E-state index is 12.0. The van der Waals surface area contributed by atoms with Crippen LogP contribution in [0, 0.1) is 17.0 Å². The third-order valence-electron chi connectivity index (χ3n) is 3.20. The number of benzene rings is 1. The largest absolute Gasteiger partial charge is 0.469 e. The molecule has 0 spiro atoms. The van der Waals surface area contributed by atoms with Crippen LogP contribution in [0.5, 0.6) is 0 Å². The van der Waals surface area contributed by atoms with E-state index in [0.29, 0.717) is 17.2 Å². The first-order valence-corrected chi connectivity index (χ1v) is 8.07. The van der Waals surface area contributed by atoms with Crippen LogP contribution in [0.2, 0.25) is 0 Å². The van der Waals surface area contributed by atoms with Crippen LogP contribution < -0.4 is 5.32 Å². The molecule has 0 aliphatic heterocycles. The second-order valence-corrected chi connectivity index (χ2v) is 5.80. The van der Waals surface area contributed by atoms with Gasteiger partial charge in [0.25, 0.3) is 16.8 Å². The summed E-state index contributed by atoms with van der Waals surface area (Å²) in [4.78, 5) is 22.4. The molecule has 3 rings (SSSR count). The molecule has 1 amide bonds. The van der Waals surface area contributed by atoms with E-state index in [9.17, 15) is 14.9 Å². The Morgan fingerprint density at radius 2 is 2.12 bits per heavy atom. The number of carbonyl (C=O) groups excluding carboxylic acids is 1. The van der Waals surface area contributed by atoms with Crippen molar-refractivity contribution >= 4 is 29.0 Å². The van der Waals surface area contributed by atoms with Crippen LogP contribution in [0.25, 0.3) is 11.5 Å². The number of hydrogen-bond donors (Lipinski definition) is 1. The standard InChI is InChI=1S/C15H12N4O5S/c1-9-10(6-7-23-9)14-17-18-15(24-14)25-8-13(20)16-11-4-2-3-5-12(11)19(21)22/h2-7H,8H2,1H3,(H,16,20). The second-order valence-electron chi connectivity index (χ2n) is 4.87. The number of para-hydroxylation sites is 2. The van der Waals surface area contributed by atoms with Gasteiger partial charge in [0.05, 0.1) is 22.5 Å². The third-order valence-corrected chi connectivity index (χ3v) is 4.02. The van der Waals surface area contributed by atoms with Crippen LogP contribution in [0.4, 0.5) is 11.4 Å². The molecule has 0 radical (unpaired) electrons. The number of rotatable bonds is 6. The second kappa shape index (κ2) is 7.18. The predicted octanol–water partition coefficient (Wildman–Crippen LogP) is 3.28. The molecule has 0 aliphatic rings. The minimum Gasteiger partial charge on any atom is -0.469 e. The summed E-state index contributed by atoms with van der Waals surface area (Å²) in [5, 5.41) is 21.4. The summed E-state index contributed by atoms with van der Waals surface area (Å²) in [6.45, 7) is 1.77. The minimum absolute atomic E-state index is 0.0297. The van der Waals surface area contributed by atoms with Gasteiger partial charge in [-0.05, 0) is 19.1 Å². The monoisotopic (exact) mass is 360 g/mol. The highest BCUT2D eigenvalue weighted by Crippen LogP contribution is 2.27. The first-order valence-electron chi connectivity index (χ1n) is 7.08. The number of furan rings is 1. The van der Waals surface area contributed by atoms with Gasteiger partial charge in [0.2, 0.25) is 5.91 Å². The summed E-state index contributed by atoms with van der Waals surface area (Å²) >= 11 is 1.03. The number of amides is 1. The number of nitro benzene ring substituents is 1. The zero-order valence-corrected chi connectivity index (χ0v) is 13.8. The van der Waals surface area contributed by atoms with Crippen LogP contribution in [-0.4, -0.2) is 26.8 Å². The van der Waals surface area contributed by atoms with Gasteiger partial charge in [0.1, 0.15) is 11.4 Å². The molecule has 0 unspecified atom stereocenters. The molecule has 0 saturated carbocycles. The molecule has 2 heterocycles. The van der Waals surface area contributed by atoms with E-state index in [1.807, 2.05) is 0 Å². The molecule has 3 aromatic rings. The molecule has 0 bridgehead atoms. The zero-order valence-electron chi connectivity index (χ0n) is 13.0. The summed E-state index contributed by atoms with van der Waals surface area (Å²) < 4.78 is 10.6. The molecular formula is C15H12N4O5S. The number of nitrogens with zero attached hydrogens (tertiary/aromatic N) is 3. The number of aromatic nitrogens is 2. The van der Waals surface area contributed by atoms with Crippen LogP contribution in [-0.2, 0) is 4.79 Å². The third kappa shape index (κ3) is 3.86. The van der Waals surface area contributed by atoms with Crippen LogP contribution >= 0.6 is 11.8 Å². The molecule has 0 atom stereocenters. The Balaban J connectivity index is 1.61.